The third kappa shape index (κ3) is 4.01. The van der Waals surface area contributed by atoms with E-state index in [0.717, 1.165) is 24.5 Å². The first-order valence-corrected chi connectivity index (χ1v) is 5.70. The second kappa shape index (κ2) is 6.18. The normalized spacial score (nSPS) is 10.1. The molecule has 0 bridgehead atoms. The Labute approximate surface area is 102 Å². The van der Waals surface area contributed by atoms with Crippen molar-refractivity contribution in [2.24, 2.45) is 0 Å². The lowest BCUT2D eigenvalue weighted by molar-refractivity contribution is -0.138. The van der Waals surface area contributed by atoms with Crippen LogP contribution in [0.4, 0.5) is 5.82 Å². The van der Waals surface area contributed by atoms with Gasteiger partial charge in [-0.05, 0) is 20.3 Å². The van der Waals surface area contributed by atoms with E-state index in [1.807, 2.05) is 24.8 Å². The first kappa shape index (κ1) is 13.4. The Morgan fingerprint density at radius 3 is 2.65 bits per heavy atom. The molecule has 17 heavy (non-hydrogen) atoms. The summed E-state index contributed by atoms with van der Waals surface area (Å²) in [6.45, 7) is 6.82. The van der Waals surface area contributed by atoms with Crippen LogP contribution in [0.1, 0.15) is 24.9 Å². The molecule has 0 saturated heterocycles. The summed E-state index contributed by atoms with van der Waals surface area (Å²) < 4.78 is 4.68. The number of methoxy groups -OCH3 is 1. The van der Waals surface area contributed by atoms with Gasteiger partial charge in [0.1, 0.15) is 18.2 Å². The van der Waals surface area contributed by atoms with Gasteiger partial charge in [0, 0.05) is 18.3 Å². The van der Waals surface area contributed by atoms with Gasteiger partial charge in [-0.1, -0.05) is 6.92 Å². The SMILES string of the molecule is CCCN(CC(=O)OC)c1cc(C)nc(C)n1. The summed E-state index contributed by atoms with van der Waals surface area (Å²) in [5, 5.41) is 0. The molecule has 0 amide bonds. The number of rotatable bonds is 5. The van der Waals surface area contributed by atoms with Crippen LogP contribution in [0, 0.1) is 13.8 Å². The van der Waals surface area contributed by atoms with Crippen LogP contribution in [0.5, 0.6) is 0 Å². The van der Waals surface area contributed by atoms with E-state index in [2.05, 4.69) is 21.6 Å². The van der Waals surface area contributed by atoms with Crippen molar-refractivity contribution in [2.45, 2.75) is 27.2 Å². The molecular formula is C12H19N3O2. The standard InChI is InChI=1S/C12H19N3O2/c1-5-6-15(8-12(16)17-4)11-7-9(2)13-10(3)14-11/h7H,5-6,8H2,1-4H3. The van der Waals surface area contributed by atoms with Crippen molar-refractivity contribution in [1.82, 2.24) is 9.97 Å². The van der Waals surface area contributed by atoms with Crippen LogP contribution >= 0.6 is 0 Å². The van der Waals surface area contributed by atoms with Gasteiger partial charge >= 0.3 is 5.97 Å². The van der Waals surface area contributed by atoms with Crippen molar-refractivity contribution in [3.63, 3.8) is 0 Å². The number of anilines is 1. The number of hydrogen-bond acceptors (Lipinski definition) is 5. The van der Waals surface area contributed by atoms with E-state index < -0.39 is 0 Å². The minimum absolute atomic E-state index is 0.222. The molecule has 1 rings (SSSR count). The summed E-state index contributed by atoms with van der Waals surface area (Å²) in [7, 11) is 1.39. The number of ether oxygens (including phenoxy) is 1. The van der Waals surface area contributed by atoms with Gasteiger partial charge in [0.2, 0.25) is 0 Å². The quantitative estimate of drug-likeness (QED) is 0.726. The molecule has 0 atom stereocenters. The van der Waals surface area contributed by atoms with Gasteiger partial charge in [-0.2, -0.15) is 0 Å². The van der Waals surface area contributed by atoms with Crippen molar-refractivity contribution < 1.29 is 9.53 Å². The van der Waals surface area contributed by atoms with E-state index in [0.29, 0.717) is 5.82 Å². The molecule has 94 valence electrons. The first-order valence-electron chi connectivity index (χ1n) is 5.70. The zero-order valence-electron chi connectivity index (χ0n) is 10.9. The minimum atomic E-state index is -0.257. The van der Waals surface area contributed by atoms with Crippen LogP contribution in [0.15, 0.2) is 6.07 Å². The lowest BCUT2D eigenvalue weighted by Crippen LogP contribution is -2.32. The monoisotopic (exact) mass is 237 g/mol. The second-order valence-electron chi connectivity index (χ2n) is 3.91. The molecule has 5 nitrogen and oxygen atoms in total. The van der Waals surface area contributed by atoms with Crippen molar-refractivity contribution in [2.75, 3.05) is 25.1 Å². The molecule has 5 heteroatoms. The number of carbonyl (C=O) groups excluding carboxylic acids is 1. The molecule has 1 aromatic rings. The lowest BCUT2D eigenvalue weighted by atomic mass is 10.3. The molecule has 0 aliphatic heterocycles. The highest BCUT2D eigenvalue weighted by Crippen LogP contribution is 2.12. The first-order chi connectivity index (χ1) is 8.06. The number of aryl methyl sites for hydroxylation is 2. The summed E-state index contributed by atoms with van der Waals surface area (Å²) in [6.07, 6.45) is 0.944. The largest absolute Gasteiger partial charge is 0.468 e. The van der Waals surface area contributed by atoms with Gasteiger partial charge in [-0.3, -0.25) is 4.79 Å². The van der Waals surface area contributed by atoms with E-state index in [1.165, 1.54) is 7.11 Å². The highest BCUT2D eigenvalue weighted by Gasteiger charge is 2.13. The molecule has 0 N–H and O–H groups in total. The molecule has 1 aromatic heterocycles. The van der Waals surface area contributed by atoms with Gasteiger partial charge < -0.3 is 9.64 Å². The topological polar surface area (TPSA) is 55.3 Å². The Hall–Kier alpha value is -1.65. The minimum Gasteiger partial charge on any atom is -0.468 e. The highest BCUT2D eigenvalue weighted by molar-refractivity contribution is 5.75. The van der Waals surface area contributed by atoms with Crippen molar-refractivity contribution >= 4 is 11.8 Å². The van der Waals surface area contributed by atoms with E-state index in [4.69, 9.17) is 0 Å². The third-order valence-electron chi connectivity index (χ3n) is 2.32. The van der Waals surface area contributed by atoms with Crippen molar-refractivity contribution in [3.05, 3.63) is 17.6 Å². The number of esters is 1. The molecule has 0 spiro atoms. The van der Waals surface area contributed by atoms with E-state index in [9.17, 15) is 4.79 Å². The van der Waals surface area contributed by atoms with Crippen LogP contribution in [0.3, 0.4) is 0 Å². The lowest BCUT2D eigenvalue weighted by Gasteiger charge is -2.22. The average molecular weight is 237 g/mol. The summed E-state index contributed by atoms with van der Waals surface area (Å²) in [4.78, 5) is 21.8. The Kier molecular flexibility index (Phi) is 4.87. The van der Waals surface area contributed by atoms with Gasteiger partial charge in [0.15, 0.2) is 0 Å². The molecular weight excluding hydrogens is 218 g/mol. The fourth-order valence-electron chi connectivity index (χ4n) is 1.62. The van der Waals surface area contributed by atoms with Gasteiger partial charge in [0.05, 0.1) is 7.11 Å². The molecule has 0 fully saturated rings. The highest BCUT2D eigenvalue weighted by atomic mass is 16.5. The number of nitrogens with zero attached hydrogens (tertiary/aromatic N) is 3. The van der Waals surface area contributed by atoms with Crippen LogP contribution in [-0.4, -0.2) is 36.1 Å². The summed E-state index contributed by atoms with van der Waals surface area (Å²) in [6, 6.07) is 1.88. The maximum Gasteiger partial charge on any atom is 0.325 e. The van der Waals surface area contributed by atoms with Gasteiger partial charge in [-0.25, -0.2) is 9.97 Å². The van der Waals surface area contributed by atoms with Crippen LogP contribution in [-0.2, 0) is 9.53 Å². The smallest absolute Gasteiger partial charge is 0.325 e. The van der Waals surface area contributed by atoms with Crippen molar-refractivity contribution in [1.29, 1.82) is 0 Å². The summed E-state index contributed by atoms with van der Waals surface area (Å²) in [5.41, 5.74) is 0.901. The summed E-state index contributed by atoms with van der Waals surface area (Å²) >= 11 is 0. The fourth-order valence-corrected chi connectivity index (χ4v) is 1.62. The van der Waals surface area contributed by atoms with Crippen LogP contribution in [0.2, 0.25) is 0 Å². The molecule has 1 heterocycles. The van der Waals surface area contributed by atoms with E-state index in [-0.39, 0.29) is 12.5 Å². The maximum atomic E-state index is 11.3. The van der Waals surface area contributed by atoms with Gasteiger partial charge in [-0.15, -0.1) is 0 Å². The van der Waals surface area contributed by atoms with E-state index >= 15 is 0 Å². The fraction of sp³-hybridized carbons (Fsp3) is 0.583. The molecule has 0 aliphatic rings. The van der Waals surface area contributed by atoms with Gasteiger partial charge in [0.25, 0.3) is 0 Å². The zero-order valence-corrected chi connectivity index (χ0v) is 10.9. The number of carbonyl (C=O) groups is 1. The molecule has 0 aromatic carbocycles. The molecule has 0 aliphatic carbocycles. The maximum absolute atomic E-state index is 11.3. The number of hydrogen-bond donors (Lipinski definition) is 0. The Morgan fingerprint density at radius 2 is 2.12 bits per heavy atom. The third-order valence-corrected chi connectivity index (χ3v) is 2.32. The number of aromatic nitrogens is 2. The zero-order chi connectivity index (χ0) is 12.8. The van der Waals surface area contributed by atoms with Crippen molar-refractivity contribution in [3.8, 4) is 0 Å². The van der Waals surface area contributed by atoms with E-state index in [1.54, 1.807) is 0 Å². The summed E-state index contributed by atoms with van der Waals surface area (Å²) in [5.74, 6) is 1.24. The van der Waals surface area contributed by atoms with Crippen LogP contribution < -0.4 is 4.90 Å². The molecule has 0 radical (unpaired) electrons. The second-order valence-corrected chi connectivity index (χ2v) is 3.91. The Balaban J connectivity index is 2.91. The predicted molar refractivity (Wildman–Crippen MR) is 66.0 cm³/mol. The molecule has 0 saturated carbocycles. The predicted octanol–water partition coefficient (Wildman–Crippen LogP) is 1.48. The van der Waals surface area contributed by atoms with Crippen LogP contribution in [0.25, 0.3) is 0 Å². The average Bonchev–Trinajstić information content (AvgIpc) is 2.27. The Bertz CT molecular complexity index is 373. The Morgan fingerprint density at radius 1 is 1.41 bits per heavy atom. The molecule has 0 unspecified atom stereocenters.